The highest BCUT2D eigenvalue weighted by atomic mass is 16.5. The summed E-state index contributed by atoms with van der Waals surface area (Å²) in [7, 11) is 1.59. The SMILES string of the molecule is COc1ccccc1N1CC(C(=O)NC2CCN(C(C)c3ccccc3)C2)CC1=O. The second-order valence-electron chi connectivity index (χ2n) is 8.15. The Kier molecular flexibility index (Phi) is 6.04. The molecule has 6 nitrogen and oxygen atoms in total. The molecule has 4 rings (SSSR count). The number of nitrogens with one attached hydrogen (secondary N) is 1. The number of para-hydroxylation sites is 2. The lowest BCUT2D eigenvalue weighted by molar-refractivity contribution is -0.126. The van der Waals surface area contributed by atoms with E-state index in [9.17, 15) is 9.59 Å². The summed E-state index contributed by atoms with van der Waals surface area (Å²) in [6.45, 7) is 4.39. The summed E-state index contributed by atoms with van der Waals surface area (Å²) in [4.78, 5) is 29.5. The highest BCUT2D eigenvalue weighted by Crippen LogP contribution is 2.33. The third-order valence-electron chi connectivity index (χ3n) is 6.27. The normalized spacial score (nSPS) is 22.9. The van der Waals surface area contributed by atoms with Crippen molar-refractivity contribution < 1.29 is 14.3 Å². The van der Waals surface area contributed by atoms with Crippen LogP contribution < -0.4 is 15.0 Å². The molecule has 2 saturated heterocycles. The van der Waals surface area contributed by atoms with E-state index in [2.05, 4.69) is 41.4 Å². The molecule has 6 heteroatoms. The first-order chi connectivity index (χ1) is 14.6. The third kappa shape index (κ3) is 4.19. The average Bonchev–Trinajstić information content (AvgIpc) is 3.40. The lowest BCUT2D eigenvalue weighted by atomic mass is 10.1. The van der Waals surface area contributed by atoms with Gasteiger partial charge in [0.2, 0.25) is 11.8 Å². The molecule has 0 saturated carbocycles. The maximum absolute atomic E-state index is 12.9. The number of amides is 2. The molecule has 3 atom stereocenters. The zero-order valence-electron chi connectivity index (χ0n) is 17.6. The van der Waals surface area contributed by atoms with Crippen molar-refractivity contribution in [2.75, 3.05) is 31.6 Å². The van der Waals surface area contributed by atoms with Crippen molar-refractivity contribution in [2.24, 2.45) is 5.92 Å². The molecule has 2 aliphatic heterocycles. The van der Waals surface area contributed by atoms with Crippen LogP contribution in [0.4, 0.5) is 5.69 Å². The van der Waals surface area contributed by atoms with Crippen molar-refractivity contribution in [2.45, 2.75) is 31.8 Å². The molecule has 2 heterocycles. The van der Waals surface area contributed by atoms with E-state index in [0.29, 0.717) is 18.3 Å². The number of ether oxygens (including phenoxy) is 1. The smallest absolute Gasteiger partial charge is 0.227 e. The van der Waals surface area contributed by atoms with Gasteiger partial charge in [-0.2, -0.15) is 0 Å². The molecule has 2 aromatic carbocycles. The van der Waals surface area contributed by atoms with Crippen molar-refractivity contribution >= 4 is 17.5 Å². The lowest BCUT2D eigenvalue weighted by Crippen LogP contribution is -2.41. The van der Waals surface area contributed by atoms with Crippen molar-refractivity contribution in [3.63, 3.8) is 0 Å². The Bertz CT molecular complexity index is 902. The number of hydrogen-bond acceptors (Lipinski definition) is 4. The zero-order chi connectivity index (χ0) is 21.1. The minimum Gasteiger partial charge on any atom is -0.495 e. The Morgan fingerprint density at radius 1 is 1.10 bits per heavy atom. The van der Waals surface area contributed by atoms with Gasteiger partial charge in [0.1, 0.15) is 5.75 Å². The molecule has 1 N–H and O–H groups in total. The van der Waals surface area contributed by atoms with Crippen LogP contribution in [0.5, 0.6) is 5.75 Å². The molecule has 0 aliphatic carbocycles. The zero-order valence-corrected chi connectivity index (χ0v) is 17.6. The summed E-state index contributed by atoms with van der Waals surface area (Å²) in [6.07, 6.45) is 1.17. The van der Waals surface area contributed by atoms with E-state index >= 15 is 0 Å². The summed E-state index contributed by atoms with van der Waals surface area (Å²) < 4.78 is 5.38. The van der Waals surface area contributed by atoms with Crippen LogP contribution in [0, 0.1) is 5.92 Å². The topological polar surface area (TPSA) is 61.9 Å². The van der Waals surface area contributed by atoms with Crippen molar-refractivity contribution in [1.82, 2.24) is 10.2 Å². The van der Waals surface area contributed by atoms with Gasteiger partial charge in [-0.25, -0.2) is 0 Å². The van der Waals surface area contributed by atoms with Gasteiger partial charge in [-0.05, 0) is 31.0 Å². The number of hydrogen-bond donors (Lipinski definition) is 1. The number of rotatable bonds is 6. The molecule has 158 valence electrons. The molecule has 0 aromatic heterocycles. The second kappa shape index (κ2) is 8.88. The second-order valence-corrected chi connectivity index (χ2v) is 8.15. The molecule has 0 radical (unpaired) electrons. The van der Waals surface area contributed by atoms with E-state index in [1.165, 1.54) is 5.56 Å². The van der Waals surface area contributed by atoms with Crippen LogP contribution in [-0.4, -0.2) is 49.5 Å². The predicted molar refractivity (Wildman–Crippen MR) is 116 cm³/mol. The minimum atomic E-state index is -0.331. The van der Waals surface area contributed by atoms with Gasteiger partial charge in [0.05, 0.1) is 18.7 Å². The van der Waals surface area contributed by atoms with Gasteiger partial charge in [0.15, 0.2) is 0 Å². The van der Waals surface area contributed by atoms with Crippen molar-refractivity contribution in [3.8, 4) is 5.75 Å². The van der Waals surface area contributed by atoms with Gasteiger partial charge in [-0.3, -0.25) is 14.5 Å². The lowest BCUT2D eigenvalue weighted by Gasteiger charge is -2.25. The summed E-state index contributed by atoms with van der Waals surface area (Å²) in [5.74, 6) is 0.251. The molecule has 2 aliphatic rings. The summed E-state index contributed by atoms with van der Waals surface area (Å²) in [5.41, 5.74) is 2.02. The minimum absolute atomic E-state index is 0.0278. The number of nitrogens with zero attached hydrogens (tertiary/aromatic N) is 2. The van der Waals surface area contributed by atoms with Crippen LogP contribution in [0.15, 0.2) is 54.6 Å². The molecular weight excluding hydrogens is 378 g/mol. The first-order valence-electron chi connectivity index (χ1n) is 10.6. The van der Waals surface area contributed by atoms with Gasteiger partial charge < -0.3 is 15.0 Å². The van der Waals surface area contributed by atoms with Gasteiger partial charge in [0, 0.05) is 38.1 Å². The molecule has 2 fully saturated rings. The molecular formula is C24H29N3O3. The van der Waals surface area contributed by atoms with E-state index < -0.39 is 0 Å². The maximum atomic E-state index is 12.9. The van der Waals surface area contributed by atoms with Crippen LogP contribution in [0.1, 0.15) is 31.4 Å². The Labute approximate surface area is 177 Å². The maximum Gasteiger partial charge on any atom is 0.227 e. The van der Waals surface area contributed by atoms with Crippen LogP contribution in [-0.2, 0) is 9.59 Å². The summed E-state index contributed by atoms with van der Waals surface area (Å²) in [5, 5.41) is 3.19. The number of methoxy groups -OCH3 is 1. The number of anilines is 1. The van der Waals surface area contributed by atoms with Gasteiger partial charge >= 0.3 is 0 Å². The van der Waals surface area contributed by atoms with Crippen LogP contribution in [0.25, 0.3) is 0 Å². The predicted octanol–water partition coefficient (Wildman–Crippen LogP) is 3.00. The number of benzene rings is 2. The molecule has 0 spiro atoms. The highest BCUT2D eigenvalue weighted by molar-refractivity contribution is 6.01. The van der Waals surface area contributed by atoms with Gasteiger partial charge in [0.25, 0.3) is 0 Å². The van der Waals surface area contributed by atoms with Gasteiger partial charge in [-0.1, -0.05) is 42.5 Å². The highest BCUT2D eigenvalue weighted by Gasteiger charge is 2.37. The monoisotopic (exact) mass is 407 g/mol. The van der Waals surface area contributed by atoms with E-state index in [1.807, 2.05) is 30.3 Å². The van der Waals surface area contributed by atoms with Crippen molar-refractivity contribution in [1.29, 1.82) is 0 Å². The third-order valence-corrected chi connectivity index (χ3v) is 6.27. The first kappa shape index (κ1) is 20.4. The van der Waals surface area contributed by atoms with Crippen LogP contribution in [0.3, 0.4) is 0 Å². The van der Waals surface area contributed by atoms with Crippen LogP contribution >= 0.6 is 0 Å². The fourth-order valence-electron chi connectivity index (χ4n) is 4.49. The molecule has 2 amide bonds. The summed E-state index contributed by atoms with van der Waals surface area (Å²) in [6, 6.07) is 18.3. The Morgan fingerprint density at radius 3 is 2.60 bits per heavy atom. The fourth-order valence-corrected chi connectivity index (χ4v) is 4.49. The van der Waals surface area contributed by atoms with Gasteiger partial charge in [-0.15, -0.1) is 0 Å². The number of carbonyl (C=O) groups is 2. The Balaban J connectivity index is 1.34. The molecule has 3 unspecified atom stereocenters. The Hall–Kier alpha value is -2.86. The Morgan fingerprint density at radius 2 is 1.83 bits per heavy atom. The van der Waals surface area contributed by atoms with Crippen LogP contribution in [0.2, 0.25) is 0 Å². The first-order valence-corrected chi connectivity index (χ1v) is 10.6. The molecule has 2 aromatic rings. The average molecular weight is 408 g/mol. The fraction of sp³-hybridized carbons (Fsp3) is 0.417. The molecule has 0 bridgehead atoms. The van der Waals surface area contributed by atoms with E-state index in [-0.39, 0.29) is 30.2 Å². The molecule has 30 heavy (non-hydrogen) atoms. The quantitative estimate of drug-likeness (QED) is 0.800. The largest absolute Gasteiger partial charge is 0.495 e. The van der Waals surface area contributed by atoms with E-state index in [0.717, 1.165) is 25.2 Å². The van der Waals surface area contributed by atoms with E-state index in [1.54, 1.807) is 12.0 Å². The van der Waals surface area contributed by atoms with Crippen molar-refractivity contribution in [3.05, 3.63) is 60.2 Å². The van der Waals surface area contributed by atoms with E-state index in [4.69, 9.17) is 4.74 Å². The standard InChI is InChI=1S/C24H29N3O3/c1-17(18-8-4-3-5-9-18)26-13-12-20(16-26)25-24(29)19-14-23(28)27(15-19)21-10-6-7-11-22(21)30-2/h3-11,17,19-20H,12-16H2,1-2H3,(H,25,29). The number of carbonyl (C=O) groups excluding carboxylic acids is 2. The summed E-state index contributed by atoms with van der Waals surface area (Å²) >= 11 is 0. The number of likely N-dealkylation sites (tertiary alicyclic amines) is 1.